The Balaban J connectivity index is 1.81. The second kappa shape index (κ2) is 6.86. The van der Waals surface area contributed by atoms with Gasteiger partial charge in [-0.25, -0.2) is 4.99 Å². The molecule has 0 unspecified atom stereocenters. The smallest absolute Gasteiger partial charge is 0.264 e. The number of halogens is 2. The molecule has 1 aliphatic heterocycles. The van der Waals surface area contributed by atoms with Gasteiger partial charge >= 0.3 is 0 Å². The van der Waals surface area contributed by atoms with Crippen molar-refractivity contribution in [1.82, 2.24) is 10.5 Å². The van der Waals surface area contributed by atoms with Gasteiger partial charge in [0, 0.05) is 11.5 Å². The van der Waals surface area contributed by atoms with Gasteiger partial charge in [-0.05, 0) is 35.5 Å². The molecular weight excluding hydrogens is 381 g/mol. The number of rotatable bonds is 2. The van der Waals surface area contributed by atoms with Crippen molar-refractivity contribution in [3.63, 3.8) is 0 Å². The zero-order chi connectivity index (χ0) is 18.2. The van der Waals surface area contributed by atoms with Crippen molar-refractivity contribution in [2.45, 2.75) is 26.2 Å². The highest BCUT2D eigenvalue weighted by molar-refractivity contribution is 8.18. The van der Waals surface area contributed by atoms with Crippen molar-refractivity contribution >= 4 is 57.9 Å². The first-order chi connectivity index (χ1) is 11.7. The van der Waals surface area contributed by atoms with Gasteiger partial charge in [0.25, 0.3) is 5.91 Å². The maximum Gasteiger partial charge on any atom is 0.264 e. The quantitative estimate of drug-likeness (QED) is 0.711. The van der Waals surface area contributed by atoms with E-state index in [0.29, 0.717) is 25.9 Å². The molecular formula is C17H15Cl2N3O2S. The summed E-state index contributed by atoms with van der Waals surface area (Å²) < 4.78 is 5.29. The van der Waals surface area contributed by atoms with Gasteiger partial charge in [0.05, 0.1) is 15.0 Å². The Hall–Kier alpha value is -1.76. The number of amides is 1. The molecule has 8 heteroatoms. The minimum Gasteiger partial charge on any atom is -0.359 e. The van der Waals surface area contributed by atoms with Crippen LogP contribution in [0, 0.1) is 0 Å². The minimum absolute atomic E-state index is 0.156. The van der Waals surface area contributed by atoms with Crippen molar-refractivity contribution in [2.24, 2.45) is 4.99 Å². The summed E-state index contributed by atoms with van der Waals surface area (Å²) in [6.45, 7) is 6.07. The summed E-state index contributed by atoms with van der Waals surface area (Å²) in [5.74, 6) is 0.922. The molecule has 5 nitrogen and oxygen atoms in total. The van der Waals surface area contributed by atoms with Crippen molar-refractivity contribution in [2.75, 3.05) is 0 Å². The lowest BCUT2D eigenvalue weighted by Crippen LogP contribution is -2.19. The van der Waals surface area contributed by atoms with Gasteiger partial charge in [0.1, 0.15) is 5.76 Å². The van der Waals surface area contributed by atoms with E-state index in [9.17, 15) is 4.79 Å². The monoisotopic (exact) mass is 395 g/mol. The summed E-state index contributed by atoms with van der Waals surface area (Å²) in [7, 11) is 0. The molecule has 2 aromatic rings. The molecule has 1 aliphatic rings. The molecule has 1 aromatic carbocycles. The number of nitrogens with one attached hydrogen (secondary N) is 1. The predicted molar refractivity (Wildman–Crippen MR) is 102 cm³/mol. The van der Waals surface area contributed by atoms with Crippen LogP contribution in [0.25, 0.3) is 6.08 Å². The standard InChI is InChI=1S/C17H15Cl2N3O2S/c1-17(2,3)13-8-14(22-24-13)20-16-21-15(23)12(25-16)7-9-4-5-10(18)11(19)6-9/h4-8H,1-3H3,(H,20,21,22,23)/b12-7+. The van der Waals surface area contributed by atoms with Crippen LogP contribution < -0.4 is 5.32 Å². The van der Waals surface area contributed by atoms with Gasteiger partial charge in [0.2, 0.25) is 0 Å². The number of carbonyl (C=O) groups is 1. The molecule has 0 aliphatic carbocycles. The largest absolute Gasteiger partial charge is 0.359 e. The fourth-order valence-electron chi connectivity index (χ4n) is 2.01. The van der Waals surface area contributed by atoms with E-state index in [1.54, 1.807) is 30.3 Å². The lowest BCUT2D eigenvalue weighted by atomic mass is 9.93. The first-order valence-corrected chi connectivity index (χ1v) is 9.01. The Morgan fingerprint density at radius 1 is 1.24 bits per heavy atom. The SMILES string of the molecule is CC(C)(C)c1cc(N=C2NC(=O)/C(=C\c3ccc(Cl)c(Cl)c3)S2)no1. The lowest BCUT2D eigenvalue weighted by Gasteiger charge is -2.11. The van der Waals surface area contributed by atoms with Gasteiger partial charge < -0.3 is 9.84 Å². The molecule has 1 N–H and O–H groups in total. The summed E-state index contributed by atoms with van der Waals surface area (Å²) in [5.41, 5.74) is 0.626. The van der Waals surface area contributed by atoms with Gasteiger partial charge in [-0.15, -0.1) is 0 Å². The fraction of sp³-hybridized carbons (Fsp3) is 0.235. The lowest BCUT2D eigenvalue weighted by molar-refractivity contribution is -0.115. The van der Waals surface area contributed by atoms with E-state index in [1.165, 1.54) is 11.8 Å². The van der Waals surface area contributed by atoms with Crippen LogP contribution >= 0.6 is 35.0 Å². The zero-order valence-corrected chi connectivity index (χ0v) is 16.1. The molecule has 1 aromatic heterocycles. The van der Waals surface area contributed by atoms with Crippen LogP contribution in [-0.2, 0) is 10.2 Å². The number of aromatic nitrogens is 1. The number of aliphatic imine (C=N–C) groups is 1. The Bertz CT molecular complexity index is 898. The van der Waals surface area contributed by atoms with Gasteiger partial charge in [-0.2, -0.15) is 0 Å². The Kier molecular flexibility index (Phi) is 4.95. The third kappa shape index (κ3) is 4.26. The molecule has 1 amide bonds. The number of amidine groups is 1. The summed E-state index contributed by atoms with van der Waals surface area (Å²) in [4.78, 5) is 16.9. The van der Waals surface area contributed by atoms with E-state index in [-0.39, 0.29) is 11.3 Å². The number of thioether (sulfide) groups is 1. The third-order valence-electron chi connectivity index (χ3n) is 3.35. The predicted octanol–water partition coefficient (Wildman–Crippen LogP) is 5.17. The molecule has 0 bridgehead atoms. The Morgan fingerprint density at radius 3 is 2.64 bits per heavy atom. The van der Waals surface area contributed by atoms with Crippen molar-refractivity contribution in [1.29, 1.82) is 0 Å². The van der Waals surface area contributed by atoms with E-state index in [2.05, 4.69) is 15.5 Å². The maximum atomic E-state index is 12.1. The normalized spacial score (nSPS) is 18.2. The second-order valence-electron chi connectivity index (χ2n) is 6.45. The van der Waals surface area contributed by atoms with E-state index in [1.807, 2.05) is 20.8 Å². The van der Waals surface area contributed by atoms with Crippen molar-refractivity contribution in [3.8, 4) is 0 Å². The van der Waals surface area contributed by atoms with Gasteiger partial charge in [-0.1, -0.05) is 55.2 Å². The van der Waals surface area contributed by atoms with Crippen molar-refractivity contribution < 1.29 is 9.32 Å². The summed E-state index contributed by atoms with van der Waals surface area (Å²) in [6.07, 6.45) is 1.73. The molecule has 0 saturated carbocycles. The first-order valence-electron chi connectivity index (χ1n) is 7.44. The van der Waals surface area contributed by atoms with E-state index < -0.39 is 0 Å². The molecule has 1 saturated heterocycles. The summed E-state index contributed by atoms with van der Waals surface area (Å²) in [5, 5.41) is 7.99. The van der Waals surface area contributed by atoms with Crippen LogP contribution in [-0.4, -0.2) is 16.2 Å². The Labute approximate surface area is 159 Å². The number of hydrogen-bond donors (Lipinski definition) is 1. The highest BCUT2D eigenvalue weighted by Crippen LogP contribution is 2.31. The van der Waals surface area contributed by atoms with Crippen molar-refractivity contribution in [3.05, 3.63) is 50.5 Å². The fourth-order valence-corrected chi connectivity index (χ4v) is 3.15. The average molecular weight is 396 g/mol. The highest BCUT2D eigenvalue weighted by Gasteiger charge is 2.25. The second-order valence-corrected chi connectivity index (χ2v) is 8.30. The number of carbonyl (C=O) groups excluding carboxylic acids is 1. The molecule has 25 heavy (non-hydrogen) atoms. The Morgan fingerprint density at radius 2 is 2.00 bits per heavy atom. The summed E-state index contributed by atoms with van der Waals surface area (Å²) in [6, 6.07) is 6.94. The first kappa shape index (κ1) is 18.0. The number of hydrogen-bond acceptors (Lipinski definition) is 5. The van der Waals surface area contributed by atoms with E-state index >= 15 is 0 Å². The van der Waals surface area contributed by atoms with Crippen LogP contribution in [0.4, 0.5) is 5.82 Å². The minimum atomic E-state index is -0.227. The summed E-state index contributed by atoms with van der Waals surface area (Å²) >= 11 is 13.1. The van der Waals surface area contributed by atoms with Crippen LogP contribution in [0.15, 0.2) is 38.7 Å². The number of nitrogens with zero attached hydrogens (tertiary/aromatic N) is 2. The average Bonchev–Trinajstić information content (AvgIpc) is 3.11. The van der Waals surface area contributed by atoms with Gasteiger partial charge in [0.15, 0.2) is 11.0 Å². The third-order valence-corrected chi connectivity index (χ3v) is 4.99. The highest BCUT2D eigenvalue weighted by atomic mass is 35.5. The molecule has 130 valence electrons. The molecule has 3 rings (SSSR count). The molecule has 0 atom stereocenters. The van der Waals surface area contributed by atoms with Crippen LogP contribution in [0.5, 0.6) is 0 Å². The molecule has 2 heterocycles. The topological polar surface area (TPSA) is 67.5 Å². The molecule has 0 spiro atoms. The molecule has 0 radical (unpaired) electrons. The molecule has 1 fully saturated rings. The zero-order valence-electron chi connectivity index (χ0n) is 13.8. The van der Waals surface area contributed by atoms with Crippen LogP contribution in [0.2, 0.25) is 10.0 Å². The maximum absolute atomic E-state index is 12.1. The van der Waals surface area contributed by atoms with E-state index in [4.69, 9.17) is 27.7 Å². The number of benzene rings is 1. The van der Waals surface area contributed by atoms with Crippen LogP contribution in [0.3, 0.4) is 0 Å². The van der Waals surface area contributed by atoms with E-state index in [0.717, 1.165) is 11.3 Å². The van der Waals surface area contributed by atoms with Gasteiger partial charge in [-0.3, -0.25) is 4.79 Å². The van der Waals surface area contributed by atoms with Crippen LogP contribution in [0.1, 0.15) is 32.1 Å².